The van der Waals surface area contributed by atoms with E-state index in [0.29, 0.717) is 12.2 Å². The first-order valence-electron chi connectivity index (χ1n) is 11.9. The van der Waals surface area contributed by atoms with Crippen LogP contribution in [-0.4, -0.2) is 61.7 Å². The Morgan fingerprint density at radius 2 is 1.85 bits per heavy atom. The molecular formula is C27H34N4O2. The average Bonchev–Trinajstić information content (AvgIpc) is 2.83. The molecule has 0 radical (unpaired) electrons. The van der Waals surface area contributed by atoms with Crippen molar-refractivity contribution in [3.05, 3.63) is 65.4 Å². The van der Waals surface area contributed by atoms with Crippen LogP contribution in [0.25, 0.3) is 10.9 Å². The third-order valence-corrected chi connectivity index (χ3v) is 6.25. The van der Waals surface area contributed by atoms with Crippen LogP contribution in [0.3, 0.4) is 0 Å². The predicted molar refractivity (Wildman–Crippen MR) is 135 cm³/mol. The number of hydrogen-bond acceptors (Lipinski definition) is 6. The number of aryl methyl sites for hydroxylation is 2. The van der Waals surface area contributed by atoms with Crippen LogP contribution in [0.2, 0.25) is 0 Å². The Labute approximate surface area is 196 Å². The quantitative estimate of drug-likeness (QED) is 0.401. The maximum atomic E-state index is 12.6. The normalized spacial score (nSPS) is 14.5. The molecule has 6 nitrogen and oxygen atoms in total. The molecule has 1 aromatic heterocycles. The van der Waals surface area contributed by atoms with Gasteiger partial charge in [-0.3, -0.25) is 9.88 Å². The van der Waals surface area contributed by atoms with Crippen LogP contribution in [0.15, 0.2) is 48.7 Å². The second-order valence-corrected chi connectivity index (χ2v) is 8.69. The van der Waals surface area contributed by atoms with Crippen molar-refractivity contribution in [1.29, 1.82) is 0 Å². The molecule has 0 aliphatic carbocycles. The number of carbonyl (C=O) groups excluding carboxylic acids is 1. The molecule has 0 amide bonds. The van der Waals surface area contributed by atoms with Crippen LogP contribution in [-0.2, 0) is 4.74 Å². The monoisotopic (exact) mass is 446 g/mol. The number of piperazine rings is 1. The van der Waals surface area contributed by atoms with Crippen molar-refractivity contribution in [1.82, 2.24) is 9.88 Å². The number of aromatic nitrogens is 1. The first-order valence-corrected chi connectivity index (χ1v) is 11.9. The van der Waals surface area contributed by atoms with Gasteiger partial charge in [0.15, 0.2) is 0 Å². The molecule has 2 heterocycles. The summed E-state index contributed by atoms with van der Waals surface area (Å²) < 4.78 is 5.29. The van der Waals surface area contributed by atoms with E-state index in [9.17, 15) is 4.79 Å². The van der Waals surface area contributed by atoms with E-state index in [-0.39, 0.29) is 5.97 Å². The fourth-order valence-corrected chi connectivity index (χ4v) is 4.60. The minimum absolute atomic E-state index is 0.328. The third kappa shape index (κ3) is 5.45. The van der Waals surface area contributed by atoms with Crippen molar-refractivity contribution >= 4 is 28.2 Å². The molecule has 0 saturated carbocycles. The summed E-state index contributed by atoms with van der Waals surface area (Å²) >= 11 is 0. The maximum absolute atomic E-state index is 12.6. The van der Waals surface area contributed by atoms with Crippen LogP contribution in [0.5, 0.6) is 0 Å². The number of para-hydroxylation sites is 1. The largest absolute Gasteiger partial charge is 0.462 e. The molecule has 0 spiro atoms. The topological polar surface area (TPSA) is 57.7 Å². The minimum Gasteiger partial charge on any atom is -0.462 e. The lowest BCUT2D eigenvalue weighted by Gasteiger charge is -2.36. The van der Waals surface area contributed by atoms with E-state index in [4.69, 9.17) is 4.74 Å². The smallest absolute Gasteiger partial charge is 0.341 e. The molecule has 4 rings (SSSR count). The summed E-state index contributed by atoms with van der Waals surface area (Å²) in [5.41, 5.74) is 5.83. The Morgan fingerprint density at radius 1 is 1.09 bits per heavy atom. The third-order valence-electron chi connectivity index (χ3n) is 6.25. The van der Waals surface area contributed by atoms with E-state index in [1.165, 1.54) is 5.69 Å². The van der Waals surface area contributed by atoms with Crippen LogP contribution >= 0.6 is 0 Å². The number of hydrogen-bond donors (Lipinski definition) is 1. The van der Waals surface area contributed by atoms with Gasteiger partial charge in [-0.15, -0.1) is 0 Å². The average molecular weight is 447 g/mol. The summed E-state index contributed by atoms with van der Waals surface area (Å²) in [4.78, 5) is 22.1. The highest BCUT2D eigenvalue weighted by Gasteiger charge is 2.19. The van der Waals surface area contributed by atoms with Gasteiger partial charge in [0.1, 0.15) is 5.56 Å². The lowest BCUT2D eigenvalue weighted by atomic mass is 10.0. The second kappa shape index (κ2) is 10.7. The SMILES string of the molecule is CCOC(=O)c1cnc2c(C)cc(C)cc2c1NCCCN1CCN(c2ccccc2)CC1. The summed E-state index contributed by atoms with van der Waals surface area (Å²) in [6.07, 6.45) is 2.65. The van der Waals surface area contributed by atoms with Crippen molar-refractivity contribution in [3.8, 4) is 0 Å². The van der Waals surface area contributed by atoms with Crippen LogP contribution in [0.1, 0.15) is 34.8 Å². The van der Waals surface area contributed by atoms with Crippen LogP contribution < -0.4 is 10.2 Å². The van der Waals surface area contributed by atoms with Crippen molar-refractivity contribution in [2.75, 3.05) is 56.1 Å². The number of nitrogens with one attached hydrogen (secondary N) is 1. The number of fused-ring (bicyclic) bond motifs is 1. The first kappa shape index (κ1) is 23.1. The molecule has 1 aliphatic heterocycles. The zero-order chi connectivity index (χ0) is 23.2. The van der Waals surface area contributed by atoms with E-state index in [2.05, 4.69) is 76.4 Å². The number of carbonyl (C=O) groups is 1. The molecule has 6 heteroatoms. The molecule has 1 saturated heterocycles. The van der Waals surface area contributed by atoms with Crippen molar-refractivity contribution in [2.45, 2.75) is 27.2 Å². The zero-order valence-electron chi connectivity index (χ0n) is 19.9. The van der Waals surface area contributed by atoms with E-state index >= 15 is 0 Å². The summed E-state index contributed by atoms with van der Waals surface area (Å²) in [5.74, 6) is -0.328. The molecule has 1 aliphatic rings. The second-order valence-electron chi connectivity index (χ2n) is 8.69. The highest BCUT2D eigenvalue weighted by atomic mass is 16.5. The lowest BCUT2D eigenvalue weighted by molar-refractivity contribution is 0.0527. The fourth-order valence-electron chi connectivity index (χ4n) is 4.60. The van der Waals surface area contributed by atoms with Gasteiger partial charge in [0.2, 0.25) is 0 Å². The summed E-state index contributed by atoms with van der Waals surface area (Å²) in [7, 11) is 0. The Hall–Kier alpha value is -3.12. The Kier molecular flexibility index (Phi) is 7.45. The van der Waals surface area contributed by atoms with Gasteiger partial charge < -0.3 is 15.0 Å². The van der Waals surface area contributed by atoms with Gasteiger partial charge in [-0.1, -0.05) is 29.8 Å². The Balaban J connectivity index is 1.38. The number of anilines is 2. The maximum Gasteiger partial charge on any atom is 0.341 e. The van der Waals surface area contributed by atoms with Gasteiger partial charge in [0.25, 0.3) is 0 Å². The molecule has 1 N–H and O–H groups in total. The highest BCUT2D eigenvalue weighted by molar-refractivity contribution is 6.05. The molecule has 2 aromatic carbocycles. The van der Waals surface area contributed by atoms with Crippen molar-refractivity contribution < 1.29 is 9.53 Å². The number of pyridine rings is 1. The summed E-state index contributed by atoms with van der Waals surface area (Å²) in [6.45, 7) is 12.4. The number of benzene rings is 2. The number of nitrogens with zero attached hydrogens (tertiary/aromatic N) is 3. The van der Waals surface area contributed by atoms with Gasteiger partial charge >= 0.3 is 5.97 Å². The van der Waals surface area contributed by atoms with Gasteiger partial charge in [-0.2, -0.15) is 0 Å². The minimum atomic E-state index is -0.328. The van der Waals surface area contributed by atoms with Gasteiger partial charge in [-0.25, -0.2) is 4.79 Å². The van der Waals surface area contributed by atoms with E-state index in [1.807, 2.05) is 6.92 Å². The van der Waals surface area contributed by atoms with Gasteiger partial charge in [0, 0.05) is 50.0 Å². The Morgan fingerprint density at radius 3 is 2.58 bits per heavy atom. The van der Waals surface area contributed by atoms with Crippen LogP contribution in [0.4, 0.5) is 11.4 Å². The van der Waals surface area contributed by atoms with Gasteiger partial charge in [-0.05, 0) is 57.5 Å². The summed E-state index contributed by atoms with van der Waals surface area (Å²) in [5, 5.41) is 4.53. The van der Waals surface area contributed by atoms with E-state index in [1.54, 1.807) is 6.20 Å². The molecule has 3 aromatic rings. The molecular weight excluding hydrogens is 412 g/mol. The molecule has 0 atom stereocenters. The highest BCUT2D eigenvalue weighted by Crippen LogP contribution is 2.30. The van der Waals surface area contributed by atoms with Crippen LogP contribution in [0, 0.1) is 13.8 Å². The molecule has 1 fully saturated rings. The standard InChI is InChI=1S/C27H34N4O2/c1-4-33-27(32)24-19-29-25-21(3)17-20(2)18-23(25)26(24)28-11-8-12-30-13-15-31(16-14-30)22-9-6-5-7-10-22/h5-7,9-10,17-19H,4,8,11-16H2,1-3H3,(H,28,29). The number of rotatable bonds is 8. The molecule has 0 bridgehead atoms. The first-order chi connectivity index (χ1) is 16.1. The van der Waals surface area contributed by atoms with E-state index in [0.717, 1.165) is 73.4 Å². The lowest BCUT2D eigenvalue weighted by Crippen LogP contribution is -2.46. The number of ether oxygens (including phenoxy) is 1. The number of esters is 1. The van der Waals surface area contributed by atoms with E-state index < -0.39 is 0 Å². The Bertz CT molecular complexity index is 1090. The fraction of sp³-hybridized carbons (Fsp3) is 0.407. The molecule has 174 valence electrons. The molecule has 33 heavy (non-hydrogen) atoms. The summed E-state index contributed by atoms with van der Waals surface area (Å²) in [6, 6.07) is 14.9. The van der Waals surface area contributed by atoms with Crippen molar-refractivity contribution in [2.24, 2.45) is 0 Å². The van der Waals surface area contributed by atoms with Crippen molar-refractivity contribution in [3.63, 3.8) is 0 Å². The zero-order valence-corrected chi connectivity index (χ0v) is 19.9. The molecule has 0 unspecified atom stereocenters. The van der Waals surface area contributed by atoms with Gasteiger partial charge in [0.05, 0.1) is 17.8 Å². The predicted octanol–water partition coefficient (Wildman–Crippen LogP) is 4.65.